The summed E-state index contributed by atoms with van der Waals surface area (Å²) in [6.07, 6.45) is 2.74. The molecule has 1 heterocycles. The Hall–Kier alpha value is -0.540. The van der Waals surface area contributed by atoms with Crippen LogP contribution in [0.4, 0.5) is 0 Å². The van der Waals surface area contributed by atoms with Crippen LogP contribution in [0.25, 0.3) is 0 Å². The molecule has 0 atom stereocenters. The molecule has 0 N–H and O–H groups in total. The maximum atomic E-state index is 11.9. The van der Waals surface area contributed by atoms with E-state index in [2.05, 4.69) is 15.9 Å². The molecule has 0 saturated carbocycles. The molecule has 2 nitrogen and oxygen atoms in total. The predicted molar refractivity (Wildman–Crippen MR) is 68.7 cm³/mol. The first-order valence-electron chi connectivity index (χ1n) is 5.38. The van der Waals surface area contributed by atoms with Crippen LogP contribution in [0, 0.1) is 0 Å². The Balaban J connectivity index is 2.02. The number of rotatable bonds is 2. The largest absolute Gasteiger partial charge is 0.342 e. The number of halogens is 2. The molecule has 1 amide bonds. The summed E-state index contributed by atoms with van der Waals surface area (Å²) in [6.45, 7) is 1.82. The number of carbonyl (C=O) groups excluding carboxylic acids is 1. The second-order valence-corrected chi connectivity index (χ2v) is 5.27. The first kappa shape index (κ1) is 11.9. The van der Waals surface area contributed by atoms with Crippen molar-refractivity contribution < 1.29 is 4.79 Å². The fourth-order valence-electron chi connectivity index (χ4n) is 1.90. The summed E-state index contributed by atoms with van der Waals surface area (Å²) in [4.78, 5) is 13.8. The normalized spacial score (nSPS) is 15.5. The lowest BCUT2D eigenvalue weighted by Gasteiger charge is -2.15. The van der Waals surface area contributed by atoms with E-state index in [0.29, 0.717) is 11.4 Å². The van der Waals surface area contributed by atoms with Gasteiger partial charge in [0.15, 0.2) is 0 Å². The molecule has 2 rings (SSSR count). The third-order valence-electron chi connectivity index (χ3n) is 2.80. The zero-order valence-corrected chi connectivity index (χ0v) is 11.2. The van der Waals surface area contributed by atoms with Gasteiger partial charge < -0.3 is 4.90 Å². The van der Waals surface area contributed by atoms with Gasteiger partial charge in [0.2, 0.25) is 5.91 Å². The lowest BCUT2D eigenvalue weighted by molar-refractivity contribution is -0.129. The van der Waals surface area contributed by atoms with Crippen molar-refractivity contribution in [2.75, 3.05) is 13.1 Å². The first-order valence-corrected chi connectivity index (χ1v) is 6.55. The number of likely N-dealkylation sites (tertiary alicyclic amines) is 1. The number of carbonyl (C=O) groups is 1. The summed E-state index contributed by atoms with van der Waals surface area (Å²) < 4.78 is 0.848. The van der Waals surface area contributed by atoms with Gasteiger partial charge in [-0.3, -0.25) is 4.79 Å². The summed E-state index contributed by atoms with van der Waals surface area (Å²) in [7, 11) is 0. The molecular weight excluding hydrogens is 289 g/mol. The topological polar surface area (TPSA) is 20.3 Å². The van der Waals surface area contributed by atoms with Crippen LogP contribution in [-0.4, -0.2) is 23.9 Å². The minimum Gasteiger partial charge on any atom is -0.342 e. The van der Waals surface area contributed by atoms with E-state index < -0.39 is 0 Å². The minimum absolute atomic E-state index is 0.215. The van der Waals surface area contributed by atoms with Gasteiger partial charge in [-0.25, -0.2) is 0 Å². The molecule has 4 heteroatoms. The highest BCUT2D eigenvalue weighted by molar-refractivity contribution is 9.10. The minimum atomic E-state index is 0.215. The summed E-state index contributed by atoms with van der Waals surface area (Å²) in [5, 5.41) is 0.678. The number of amides is 1. The van der Waals surface area contributed by atoms with E-state index in [4.69, 9.17) is 11.6 Å². The molecule has 86 valence electrons. The van der Waals surface area contributed by atoms with E-state index in [1.54, 1.807) is 0 Å². The van der Waals surface area contributed by atoms with Crippen LogP contribution in [0.15, 0.2) is 22.7 Å². The van der Waals surface area contributed by atoms with Crippen LogP contribution >= 0.6 is 27.5 Å². The van der Waals surface area contributed by atoms with E-state index in [-0.39, 0.29) is 5.91 Å². The lowest BCUT2D eigenvalue weighted by atomic mass is 10.1. The molecule has 0 bridgehead atoms. The number of nitrogens with zero attached hydrogens (tertiary/aromatic N) is 1. The van der Waals surface area contributed by atoms with Gasteiger partial charge in [0.1, 0.15) is 0 Å². The molecule has 1 fully saturated rings. The van der Waals surface area contributed by atoms with E-state index >= 15 is 0 Å². The van der Waals surface area contributed by atoms with Crippen LogP contribution in [-0.2, 0) is 11.2 Å². The van der Waals surface area contributed by atoms with E-state index in [9.17, 15) is 4.79 Å². The monoisotopic (exact) mass is 301 g/mol. The van der Waals surface area contributed by atoms with Crippen LogP contribution in [0.1, 0.15) is 18.4 Å². The third kappa shape index (κ3) is 2.77. The van der Waals surface area contributed by atoms with E-state index in [0.717, 1.165) is 36.0 Å². The van der Waals surface area contributed by atoms with Gasteiger partial charge >= 0.3 is 0 Å². The quantitative estimate of drug-likeness (QED) is 0.821. The zero-order chi connectivity index (χ0) is 11.5. The molecule has 1 aliphatic heterocycles. The highest BCUT2D eigenvalue weighted by Crippen LogP contribution is 2.23. The number of hydrogen-bond donors (Lipinski definition) is 0. The van der Waals surface area contributed by atoms with Gasteiger partial charge in [-0.15, -0.1) is 0 Å². The molecule has 16 heavy (non-hydrogen) atoms. The van der Waals surface area contributed by atoms with E-state index in [1.165, 1.54) is 0 Å². The average molecular weight is 303 g/mol. The van der Waals surface area contributed by atoms with Gasteiger partial charge in [-0.05, 0) is 46.5 Å². The van der Waals surface area contributed by atoms with Crippen molar-refractivity contribution in [3.05, 3.63) is 33.3 Å². The summed E-state index contributed by atoms with van der Waals surface area (Å²) >= 11 is 9.26. The third-order valence-corrected chi connectivity index (χ3v) is 4.01. The molecule has 1 aromatic rings. The molecule has 0 unspecified atom stereocenters. The lowest BCUT2D eigenvalue weighted by Crippen LogP contribution is -2.29. The molecule has 0 spiro atoms. The van der Waals surface area contributed by atoms with Crippen molar-refractivity contribution in [2.24, 2.45) is 0 Å². The first-order chi connectivity index (χ1) is 7.66. The van der Waals surface area contributed by atoms with Crippen molar-refractivity contribution in [3.8, 4) is 0 Å². The Morgan fingerprint density at radius 3 is 2.69 bits per heavy atom. The summed E-state index contributed by atoms with van der Waals surface area (Å²) in [5.74, 6) is 0.215. The highest BCUT2D eigenvalue weighted by atomic mass is 79.9. The maximum Gasteiger partial charge on any atom is 0.226 e. The van der Waals surface area contributed by atoms with Gasteiger partial charge in [-0.1, -0.05) is 17.7 Å². The Labute approximate surface area is 109 Å². The standard InChI is InChI=1S/C12H13BrClNO/c13-10-7-9(3-4-11(10)14)8-12(16)15-5-1-2-6-15/h3-4,7H,1-2,5-6,8H2. The Bertz CT molecular complexity index is 402. The fourth-order valence-corrected chi connectivity index (χ4v) is 2.45. The van der Waals surface area contributed by atoms with Gasteiger partial charge in [0.25, 0.3) is 0 Å². The predicted octanol–water partition coefficient (Wildman–Crippen LogP) is 3.27. The maximum absolute atomic E-state index is 11.9. The van der Waals surface area contributed by atoms with Crippen molar-refractivity contribution in [3.63, 3.8) is 0 Å². The Morgan fingerprint density at radius 1 is 1.38 bits per heavy atom. The van der Waals surface area contributed by atoms with Gasteiger partial charge in [-0.2, -0.15) is 0 Å². The SMILES string of the molecule is O=C(Cc1ccc(Cl)c(Br)c1)N1CCCC1. The molecule has 0 radical (unpaired) electrons. The van der Waals surface area contributed by atoms with E-state index in [1.807, 2.05) is 23.1 Å². The number of hydrogen-bond acceptors (Lipinski definition) is 1. The van der Waals surface area contributed by atoms with Crippen molar-refractivity contribution in [1.29, 1.82) is 0 Å². The zero-order valence-electron chi connectivity index (χ0n) is 8.88. The fraction of sp³-hybridized carbons (Fsp3) is 0.417. The molecule has 0 aliphatic carbocycles. The molecule has 1 saturated heterocycles. The van der Waals surface area contributed by atoms with Crippen LogP contribution < -0.4 is 0 Å². The molecule has 0 aromatic heterocycles. The van der Waals surface area contributed by atoms with Crippen LogP contribution in [0.5, 0.6) is 0 Å². The molecule has 1 aromatic carbocycles. The average Bonchev–Trinajstić information content (AvgIpc) is 2.77. The van der Waals surface area contributed by atoms with Crippen LogP contribution in [0.2, 0.25) is 5.02 Å². The smallest absolute Gasteiger partial charge is 0.226 e. The van der Waals surface area contributed by atoms with Crippen molar-refractivity contribution >= 4 is 33.4 Å². The highest BCUT2D eigenvalue weighted by Gasteiger charge is 2.17. The second kappa shape index (κ2) is 5.19. The van der Waals surface area contributed by atoms with Gasteiger partial charge in [0.05, 0.1) is 11.4 Å². The summed E-state index contributed by atoms with van der Waals surface area (Å²) in [6, 6.07) is 5.63. The van der Waals surface area contributed by atoms with Crippen molar-refractivity contribution in [1.82, 2.24) is 4.90 Å². The number of benzene rings is 1. The Morgan fingerprint density at radius 2 is 2.06 bits per heavy atom. The Kier molecular flexibility index (Phi) is 3.87. The van der Waals surface area contributed by atoms with Crippen molar-refractivity contribution in [2.45, 2.75) is 19.3 Å². The molecular formula is C12H13BrClNO. The van der Waals surface area contributed by atoms with Crippen LogP contribution in [0.3, 0.4) is 0 Å². The summed E-state index contributed by atoms with van der Waals surface area (Å²) in [5.41, 5.74) is 1.01. The second-order valence-electron chi connectivity index (χ2n) is 4.01. The van der Waals surface area contributed by atoms with Gasteiger partial charge in [0, 0.05) is 17.6 Å². The molecule has 1 aliphatic rings.